The minimum atomic E-state index is -0.797. The van der Waals surface area contributed by atoms with Crippen molar-refractivity contribution in [2.24, 2.45) is 0 Å². The summed E-state index contributed by atoms with van der Waals surface area (Å²) in [5.41, 5.74) is 4.50. The highest BCUT2D eigenvalue weighted by atomic mass is 35.5. The van der Waals surface area contributed by atoms with Gasteiger partial charge in [-0.05, 0) is 48.6 Å². The minimum absolute atomic E-state index is 0.605. The Bertz CT molecular complexity index is 1460. The Balaban J connectivity index is 1.44. The van der Waals surface area contributed by atoms with Crippen molar-refractivity contribution in [3.63, 3.8) is 0 Å². The maximum atomic E-state index is 11.9. The molecule has 0 aliphatic heterocycles. The van der Waals surface area contributed by atoms with Crippen molar-refractivity contribution in [3.05, 3.63) is 87.8 Å². The number of pyridine rings is 1. The molecule has 34 heavy (non-hydrogen) atoms. The summed E-state index contributed by atoms with van der Waals surface area (Å²) in [6.45, 7) is 2.12. The van der Waals surface area contributed by atoms with E-state index in [4.69, 9.17) is 27.6 Å². The largest absolute Gasteiger partial charge is 0.454 e. The van der Waals surface area contributed by atoms with Gasteiger partial charge in [0.2, 0.25) is 0 Å². The summed E-state index contributed by atoms with van der Waals surface area (Å²) in [5.74, 6) is 0.775. The van der Waals surface area contributed by atoms with Crippen molar-refractivity contribution in [2.45, 2.75) is 0 Å². The van der Waals surface area contributed by atoms with Gasteiger partial charge >= 0.3 is 0 Å². The number of fused-ring (bicyclic) bond motifs is 1. The van der Waals surface area contributed by atoms with Crippen LogP contribution in [-0.2, 0) is 0 Å². The van der Waals surface area contributed by atoms with E-state index in [1.54, 1.807) is 12.3 Å². The normalized spacial score (nSPS) is 12.1. The van der Waals surface area contributed by atoms with E-state index in [2.05, 4.69) is 22.4 Å². The average Bonchev–Trinajstić information content (AvgIpc) is 3.48. The molecular weight excluding hydrogens is 506 g/mol. The first kappa shape index (κ1) is 23.1. The highest BCUT2D eigenvalue weighted by Crippen LogP contribution is 2.45. The molecule has 0 spiro atoms. The van der Waals surface area contributed by atoms with E-state index >= 15 is 0 Å². The number of carbonyl (C=O) groups is 1. The zero-order valence-electron chi connectivity index (χ0n) is 18.3. The number of rotatable bonds is 6. The predicted octanol–water partition coefficient (Wildman–Crippen LogP) is 8.13. The molecule has 170 valence electrons. The molecule has 0 bridgehead atoms. The number of nitrogens with zero attached hydrogens (tertiary/aromatic N) is 2. The molecular formula is C26H19Cl2N2O2PS. The highest BCUT2D eigenvalue weighted by Gasteiger charge is 2.21. The zero-order valence-corrected chi connectivity index (χ0v) is 21.6. The molecule has 2 aromatic carbocycles. The predicted molar refractivity (Wildman–Crippen MR) is 145 cm³/mol. The summed E-state index contributed by atoms with van der Waals surface area (Å²) in [6.07, 6.45) is 2.67. The molecule has 5 rings (SSSR count). The smallest absolute Gasteiger partial charge is 0.162 e. The molecule has 0 N–H and O–H groups in total. The van der Waals surface area contributed by atoms with Crippen molar-refractivity contribution in [3.8, 4) is 21.8 Å². The number of carbonyl (C=O) groups excluding carboxylic acids is 1. The number of halogens is 2. The van der Waals surface area contributed by atoms with Crippen LogP contribution in [0.5, 0.6) is 0 Å². The molecule has 3 aromatic heterocycles. The van der Waals surface area contributed by atoms with E-state index in [-0.39, 0.29) is 0 Å². The maximum Gasteiger partial charge on any atom is 0.162 e. The second kappa shape index (κ2) is 9.52. The van der Waals surface area contributed by atoms with E-state index in [0.29, 0.717) is 14.9 Å². The van der Waals surface area contributed by atoms with Gasteiger partial charge in [-0.3, -0.25) is 9.78 Å². The molecule has 0 saturated heterocycles. The van der Waals surface area contributed by atoms with Gasteiger partial charge in [-0.25, -0.2) is 0 Å². The summed E-state index contributed by atoms with van der Waals surface area (Å²) < 4.78 is 8.06. The Kier molecular flexibility index (Phi) is 6.46. The molecule has 0 aliphatic carbocycles. The maximum absolute atomic E-state index is 11.9. The second-order valence-electron chi connectivity index (χ2n) is 7.70. The molecule has 0 amide bonds. The van der Waals surface area contributed by atoms with Crippen LogP contribution in [0.1, 0.15) is 9.67 Å². The lowest BCUT2D eigenvalue weighted by atomic mass is 10.1. The van der Waals surface area contributed by atoms with Crippen molar-refractivity contribution in [1.82, 2.24) is 4.98 Å². The Hall–Kier alpha value is -2.69. The van der Waals surface area contributed by atoms with Gasteiger partial charge in [-0.1, -0.05) is 47.5 Å². The molecule has 0 fully saturated rings. The first-order valence-electron chi connectivity index (χ1n) is 10.4. The quantitative estimate of drug-likeness (QED) is 0.166. The average molecular weight is 525 g/mol. The Morgan fingerprint density at radius 1 is 1.03 bits per heavy atom. The Morgan fingerprint density at radius 2 is 1.79 bits per heavy atom. The third-order valence-corrected chi connectivity index (χ3v) is 9.63. The molecule has 3 heterocycles. The van der Waals surface area contributed by atoms with Gasteiger partial charge in [0.15, 0.2) is 11.9 Å². The molecule has 0 radical (unpaired) electrons. The lowest BCUT2D eigenvalue weighted by molar-refractivity contribution is 0.112. The minimum Gasteiger partial charge on any atom is -0.454 e. The van der Waals surface area contributed by atoms with Crippen LogP contribution >= 0.6 is 42.6 Å². The lowest BCUT2D eigenvalue weighted by Gasteiger charge is -2.27. The molecule has 0 aliphatic rings. The molecule has 1 atom stereocenters. The number of benzene rings is 2. The van der Waals surface area contributed by atoms with E-state index in [0.717, 1.165) is 50.1 Å². The first-order valence-corrected chi connectivity index (χ1v) is 13.7. The van der Waals surface area contributed by atoms with E-state index in [1.807, 2.05) is 61.6 Å². The van der Waals surface area contributed by atoms with E-state index < -0.39 is 8.07 Å². The van der Waals surface area contributed by atoms with Crippen LogP contribution in [0.15, 0.2) is 77.3 Å². The van der Waals surface area contributed by atoms with Crippen molar-refractivity contribution in [1.29, 1.82) is 0 Å². The van der Waals surface area contributed by atoms with Crippen molar-refractivity contribution >= 4 is 71.0 Å². The van der Waals surface area contributed by atoms with Gasteiger partial charge in [-0.2, -0.15) is 0 Å². The van der Waals surface area contributed by atoms with Gasteiger partial charge in [0.1, 0.15) is 11.3 Å². The fourth-order valence-electron chi connectivity index (χ4n) is 3.75. The number of hydrogen-bond acceptors (Lipinski definition) is 5. The topological polar surface area (TPSA) is 46.3 Å². The van der Waals surface area contributed by atoms with Crippen LogP contribution in [0.4, 0.5) is 5.69 Å². The van der Waals surface area contributed by atoms with Crippen LogP contribution in [0, 0.1) is 0 Å². The third kappa shape index (κ3) is 4.37. The van der Waals surface area contributed by atoms with Gasteiger partial charge in [-0.15, -0.1) is 11.3 Å². The monoisotopic (exact) mass is 524 g/mol. The summed E-state index contributed by atoms with van der Waals surface area (Å²) in [5, 5.41) is 2.25. The Labute approximate surface area is 212 Å². The third-order valence-electron chi connectivity index (χ3n) is 5.65. The molecule has 0 saturated carbocycles. The standard InChI is InChI=1S/C26H19Cl2N2O2PS/c1-30(33(2)24-10-9-18(27)12-19(24)28)21-14-25(34-26(21)15-31)17-7-5-16(6-8-17)23-13-20-22(32-23)4-3-11-29-20/h3-15H,1-2H3. The van der Waals surface area contributed by atoms with E-state index in [1.165, 1.54) is 11.3 Å². The van der Waals surface area contributed by atoms with Gasteiger partial charge < -0.3 is 9.09 Å². The first-order chi connectivity index (χ1) is 16.4. The Morgan fingerprint density at radius 3 is 2.50 bits per heavy atom. The number of aromatic nitrogens is 1. The zero-order chi connectivity index (χ0) is 23.8. The molecule has 4 nitrogen and oxygen atoms in total. The summed E-state index contributed by atoms with van der Waals surface area (Å²) in [6, 6.07) is 21.5. The summed E-state index contributed by atoms with van der Waals surface area (Å²) in [7, 11) is 1.20. The second-order valence-corrected chi connectivity index (χ2v) is 11.8. The number of anilines is 1. The number of furan rings is 1. The SMILES string of the molecule is CN(c1cc(-c2ccc(-c3cc4ncccc4o3)cc2)sc1C=O)P(C)c1ccc(Cl)cc1Cl. The molecule has 5 aromatic rings. The number of aldehydes is 1. The molecule has 8 heteroatoms. The summed E-state index contributed by atoms with van der Waals surface area (Å²) in [4.78, 5) is 17.9. The van der Waals surface area contributed by atoms with Crippen LogP contribution in [-0.4, -0.2) is 25.0 Å². The molecule has 1 unspecified atom stereocenters. The van der Waals surface area contributed by atoms with Crippen LogP contribution in [0.25, 0.3) is 32.9 Å². The van der Waals surface area contributed by atoms with Crippen LogP contribution in [0.2, 0.25) is 10.0 Å². The van der Waals surface area contributed by atoms with Crippen LogP contribution < -0.4 is 9.97 Å². The van der Waals surface area contributed by atoms with Gasteiger partial charge in [0, 0.05) is 48.2 Å². The number of hydrogen-bond donors (Lipinski definition) is 0. The fourth-order valence-corrected chi connectivity index (χ4v) is 7.08. The number of thiophene rings is 1. The van der Waals surface area contributed by atoms with E-state index in [9.17, 15) is 4.79 Å². The van der Waals surface area contributed by atoms with Crippen molar-refractivity contribution in [2.75, 3.05) is 18.4 Å². The van der Waals surface area contributed by atoms with Gasteiger partial charge in [0.25, 0.3) is 0 Å². The lowest BCUT2D eigenvalue weighted by Crippen LogP contribution is -2.18. The highest BCUT2D eigenvalue weighted by molar-refractivity contribution is 7.66. The summed E-state index contributed by atoms with van der Waals surface area (Å²) >= 11 is 14.0. The van der Waals surface area contributed by atoms with Crippen molar-refractivity contribution < 1.29 is 9.21 Å². The fraction of sp³-hybridized carbons (Fsp3) is 0.0769. The van der Waals surface area contributed by atoms with Crippen LogP contribution in [0.3, 0.4) is 0 Å². The van der Waals surface area contributed by atoms with Gasteiger partial charge in [0.05, 0.1) is 15.6 Å².